The second kappa shape index (κ2) is 11.9. The number of hydrogen-bond acceptors (Lipinski definition) is 7. The van der Waals surface area contributed by atoms with Crippen LogP contribution in [0.1, 0.15) is 72.4 Å². The first-order chi connectivity index (χ1) is 19.0. The number of aryl methyl sites for hydroxylation is 1. The number of carboxylic acids is 1. The number of methoxy groups -OCH3 is 1. The van der Waals surface area contributed by atoms with E-state index in [1.807, 2.05) is 6.92 Å². The molecule has 12 heteroatoms. The van der Waals surface area contributed by atoms with Crippen LogP contribution in [0.3, 0.4) is 0 Å². The minimum absolute atomic E-state index is 0.0280. The molecule has 1 aromatic heterocycles. The average Bonchev–Trinajstić information content (AvgIpc) is 3.42. The molecular weight excluding hydrogens is 546 g/mol. The summed E-state index contributed by atoms with van der Waals surface area (Å²) >= 11 is 0. The number of amides is 1. The molecule has 0 unspecified atom stereocenters. The molecule has 3 aromatic rings. The highest BCUT2D eigenvalue weighted by atomic mass is 32.2. The number of carboxylic acid groups (broad SMARTS) is 1. The fourth-order valence-corrected chi connectivity index (χ4v) is 4.35. The summed E-state index contributed by atoms with van der Waals surface area (Å²) < 4.78 is 33.3. The molecule has 11 nitrogen and oxygen atoms in total. The van der Waals surface area contributed by atoms with Gasteiger partial charge in [-0.25, -0.2) is 17.9 Å². The summed E-state index contributed by atoms with van der Waals surface area (Å²) in [4.78, 5) is 24.4. The Hall–Kier alpha value is -3.90. The van der Waals surface area contributed by atoms with Crippen molar-refractivity contribution in [2.75, 3.05) is 29.9 Å². The van der Waals surface area contributed by atoms with Gasteiger partial charge < -0.3 is 20.9 Å². The molecule has 1 saturated carbocycles. The molecule has 1 fully saturated rings. The molecule has 222 valence electrons. The molecule has 2 aromatic carbocycles. The van der Waals surface area contributed by atoms with Crippen molar-refractivity contribution in [2.45, 2.75) is 52.9 Å². The number of nitrogens with two attached hydrogens (primary N) is 1. The van der Waals surface area contributed by atoms with Gasteiger partial charge in [0.1, 0.15) is 0 Å². The first-order valence-corrected chi connectivity index (χ1v) is 15.0. The molecule has 41 heavy (non-hydrogen) atoms. The van der Waals surface area contributed by atoms with Crippen LogP contribution < -0.4 is 20.5 Å². The molecule has 5 N–H and O–H groups in total. The number of rotatable bonds is 8. The zero-order chi connectivity index (χ0) is 30.8. The summed E-state index contributed by atoms with van der Waals surface area (Å²) in [6, 6.07) is 8.53. The van der Waals surface area contributed by atoms with Gasteiger partial charge in [0, 0.05) is 11.8 Å². The van der Waals surface area contributed by atoms with Crippen molar-refractivity contribution in [3.8, 4) is 11.4 Å². The van der Waals surface area contributed by atoms with E-state index in [1.54, 1.807) is 30.3 Å². The fraction of sp³-hybridized carbons (Fsp3) is 0.414. The van der Waals surface area contributed by atoms with E-state index in [0.29, 0.717) is 22.4 Å². The maximum Gasteiger partial charge on any atom is 0.338 e. The lowest BCUT2D eigenvalue weighted by atomic mass is 9.96. The largest absolute Gasteiger partial charge is 0.492 e. The lowest BCUT2D eigenvalue weighted by Crippen LogP contribution is -2.18. The van der Waals surface area contributed by atoms with E-state index in [2.05, 4.69) is 42.8 Å². The summed E-state index contributed by atoms with van der Waals surface area (Å²) in [6.07, 6.45) is 5.57. The number of benzene rings is 2. The number of nitrogens with zero attached hydrogens (tertiary/aromatic N) is 2. The van der Waals surface area contributed by atoms with Gasteiger partial charge in [0.25, 0.3) is 5.91 Å². The number of hydrogen-bond donors (Lipinski definition) is 4. The van der Waals surface area contributed by atoms with E-state index in [4.69, 9.17) is 10.5 Å². The lowest BCUT2D eigenvalue weighted by molar-refractivity contribution is 0.0696. The number of nitrogens with one attached hydrogen (secondary N) is 2. The van der Waals surface area contributed by atoms with Crippen LogP contribution in [0, 0.1) is 12.3 Å². The van der Waals surface area contributed by atoms with Crippen LogP contribution in [0.4, 0.5) is 11.4 Å². The first kappa shape index (κ1) is 31.6. The molecule has 0 radical (unpaired) electrons. The third-order valence-corrected chi connectivity index (χ3v) is 7.28. The highest BCUT2D eigenvalue weighted by molar-refractivity contribution is 7.92. The average molecular weight is 586 g/mol. The fourth-order valence-electron chi connectivity index (χ4n) is 3.80. The molecule has 1 aliphatic carbocycles. The third kappa shape index (κ3) is 8.30. The first-order valence-electron chi connectivity index (χ1n) is 13.1. The predicted octanol–water partition coefficient (Wildman–Crippen LogP) is 4.55. The molecular formula is C29H39N5O6S. The van der Waals surface area contributed by atoms with Crippen molar-refractivity contribution in [2.24, 2.45) is 11.1 Å². The van der Waals surface area contributed by atoms with Crippen LogP contribution in [0.15, 0.2) is 42.7 Å². The van der Waals surface area contributed by atoms with Crippen LogP contribution >= 0.6 is 0 Å². The molecule has 1 heterocycles. The molecule has 0 saturated heterocycles. The predicted molar refractivity (Wildman–Crippen MR) is 160 cm³/mol. The van der Waals surface area contributed by atoms with Crippen molar-refractivity contribution in [1.29, 1.82) is 0 Å². The zero-order valence-corrected chi connectivity index (χ0v) is 25.3. The van der Waals surface area contributed by atoms with Crippen molar-refractivity contribution in [1.82, 2.24) is 9.78 Å². The van der Waals surface area contributed by atoms with Crippen LogP contribution in [-0.2, 0) is 15.4 Å². The standard InChI is InChI=1S/C24H26N4O6S.C5H13N/c1-14-5-6-15(9-20(14)28-13-16(12-25-28)23(30)31)22(29)26-18-10-17(24(2)7-8-24)11-19(21(18)34-3)27-35(4,32)33;1-5(2,3)4-6/h5-6,9-13,27H,7-8H2,1-4H3,(H,26,29)(H,30,31);4,6H2,1-3H3. The zero-order valence-electron chi connectivity index (χ0n) is 24.5. The van der Waals surface area contributed by atoms with Crippen molar-refractivity contribution in [3.05, 3.63) is 65.0 Å². The minimum atomic E-state index is -3.59. The van der Waals surface area contributed by atoms with Gasteiger partial charge in [-0.15, -0.1) is 0 Å². The highest BCUT2D eigenvalue weighted by Gasteiger charge is 2.40. The van der Waals surface area contributed by atoms with Crippen molar-refractivity contribution < 1.29 is 27.9 Å². The number of sulfonamides is 1. The van der Waals surface area contributed by atoms with E-state index >= 15 is 0 Å². The number of carbonyl (C=O) groups is 2. The molecule has 0 spiro atoms. The van der Waals surface area contributed by atoms with Gasteiger partial charge in [-0.2, -0.15) is 5.10 Å². The summed E-state index contributed by atoms with van der Waals surface area (Å²) in [7, 11) is -2.19. The summed E-state index contributed by atoms with van der Waals surface area (Å²) in [5, 5.41) is 16.1. The Balaban J connectivity index is 0.000000696. The Morgan fingerprint density at radius 1 is 1.15 bits per heavy atom. The smallest absolute Gasteiger partial charge is 0.338 e. The SMILES string of the molecule is CC(C)(C)CN.COc1c(NC(=O)c2ccc(C)c(-n3cc(C(=O)O)cn3)c2)cc(C2(C)CC2)cc1NS(C)(=O)=O. The number of aromatic carboxylic acids is 1. The van der Waals surface area contributed by atoms with E-state index < -0.39 is 21.9 Å². The van der Waals surface area contributed by atoms with Crippen LogP contribution in [0.5, 0.6) is 5.75 Å². The molecule has 4 rings (SSSR count). The van der Waals surface area contributed by atoms with Crippen molar-refractivity contribution in [3.63, 3.8) is 0 Å². The number of aromatic nitrogens is 2. The maximum absolute atomic E-state index is 13.2. The van der Waals surface area contributed by atoms with E-state index in [0.717, 1.165) is 36.8 Å². The monoisotopic (exact) mass is 585 g/mol. The summed E-state index contributed by atoms with van der Waals surface area (Å²) in [5.74, 6) is -1.35. The Kier molecular flexibility index (Phi) is 9.19. The van der Waals surface area contributed by atoms with Gasteiger partial charge in [-0.1, -0.05) is 33.8 Å². The second-order valence-corrected chi connectivity index (χ2v) is 13.5. The minimum Gasteiger partial charge on any atom is -0.492 e. The van der Waals surface area contributed by atoms with Crippen LogP contribution in [0.25, 0.3) is 5.69 Å². The van der Waals surface area contributed by atoms with Gasteiger partial charge in [0.05, 0.1) is 42.2 Å². The lowest BCUT2D eigenvalue weighted by Gasteiger charge is -2.20. The van der Waals surface area contributed by atoms with E-state index in [9.17, 15) is 23.1 Å². The van der Waals surface area contributed by atoms with Gasteiger partial charge in [-0.05, 0) is 72.5 Å². The normalized spacial score (nSPS) is 14.0. The molecule has 0 bridgehead atoms. The molecule has 0 atom stereocenters. The van der Waals surface area contributed by atoms with E-state index in [-0.39, 0.29) is 22.4 Å². The quantitative estimate of drug-likeness (QED) is 0.299. The Bertz CT molecular complexity index is 1550. The van der Waals surface area contributed by atoms with Gasteiger partial charge >= 0.3 is 5.97 Å². The number of ether oxygens (including phenoxy) is 1. The summed E-state index contributed by atoms with van der Waals surface area (Å²) in [6.45, 7) is 11.0. The number of carbonyl (C=O) groups excluding carboxylic acids is 1. The second-order valence-electron chi connectivity index (χ2n) is 11.7. The van der Waals surface area contributed by atoms with Gasteiger partial charge in [-0.3, -0.25) is 9.52 Å². The van der Waals surface area contributed by atoms with Gasteiger partial charge in [0.15, 0.2) is 5.75 Å². The van der Waals surface area contributed by atoms with Crippen LogP contribution in [0.2, 0.25) is 0 Å². The Morgan fingerprint density at radius 3 is 2.24 bits per heavy atom. The Morgan fingerprint density at radius 2 is 1.76 bits per heavy atom. The Labute approximate surface area is 241 Å². The van der Waals surface area contributed by atoms with Crippen LogP contribution in [-0.4, -0.2) is 55.1 Å². The van der Waals surface area contributed by atoms with Gasteiger partial charge in [0.2, 0.25) is 10.0 Å². The molecule has 1 aliphatic rings. The topological polar surface area (TPSA) is 166 Å². The summed E-state index contributed by atoms with van der Waals surface area (Å²) in [5.41, 5.74) is 8.68. The maximum atomic E-state index is 13.2. The molecule has 0 aliphatic heterocycles. The third-order valence-electron chi connectivity index (χ3n) is 6.69. The van der Waals surface area contributed by atoms with Crippen molar-refractivity contribution >= 4 is 33.3 Å². The highest BCUT2D eigenvalue weighted by Crippen LogP contribution is 2.50. The van der Waals surface area contributed by atoms with E-state index in [1.165, 1.54) is 24.2 Å². The number of anilines is 2. The molecule has 1 amide bonds.